The van der Waals surface area contributed by atoms with Crippen LogP contribution in [0.1, 0.15) is 52.9 Å². The fourth-order valence-electron chi connectivity index (χ4n) is 5.08. The van der Waals surface area contributed by atoms with Crippen LogP contribution < -0.4 is 0 Å². The second-order valence-corrected chi connectivity index (χ2v) is 12.8. The SMILES string of the molecule is CC(C)(O)[C@H]1CC[C@](C)([C@@H]2CC3(CCN(S(=O)(=O)c4ccc(Br)cc4)CC3)CO2)O1. The zero-order chi connectivity index (χ0) is 21.8. The number of halogens is 1. The molecule has 3 fully saturated rings. The lowest BCUT2D eigenvalue weighted by molar-refractivity contribution is -0.155. The quantitative estimate of drug-likeness (QED) is 0.680. The van der Waals surface area contributed by atoms with E-state index in [9.17, 15) is 13.5 Å². The third-order valence-electron chi connectivity index (χ3n) is 7.23. The fourth-order valence-corrected chi connectivity index (χ4v) is 6.79. The zero-order valence-electron chi connectivity index (χ0n) is 17.9. The van der Waals surface area contributed by atoms with Gasteiger partial charge in [-0.25, -0.2) is 8.42 Å². The van der Waals surface area contributed by atoms with Crippen LogP contribution >= 0.6 is 15.9 Å². The molecule has 1 aromatic rings. The summed E-state index contributed by atoms with van der Waals surface area (Å²) in [6, 6.07) is 6.82. The van der Waals surface area contributed by atoms with Gasteiger partial charge in [-0.15, -0.1) is 0 Å². The molecular weight excluding hydrogens is 470 g/mol. The highest BCUT2D eigenvalue weighted by Gasteiger charge is 2.54. The maximum Gasteiger partial charge on any atom is 0.243 e. The Kier molecular flexibility index (Phi) is 5.91. The second-order valence-electron chi connectivity index (χ2n) is 9.97. The van der Waals surface area contributed by atoms with Crippen LogP contribution in [-0.4, -0.2) is 60.9 Å². The van der Waals surface area contributed by atoms with Gasteiger partial charge in [0.05, 0.1) is 34.9 Å². The highest BCUT2D eigenvalue weighted by atomic mass is 79.9. The van der Waals surface area contributed by atoms with Gasteiger partial charge in [0.2, 0.25) is 10.0 Å². The van der Waals surface area contributed by atoms with Crippen molar-refractivity contribution in [3.05, 3.63) is 28.7 Å². The average Bonchev–Trinajstić information content (AvgIpc) is 3.28. The minimum absolute atomic E-state index is 0.00952. The van der Waals surface area contributed by atoms with Gasteiger partial charge in [-0.3, -0.25) is 0 Å². The summed E-state index contributed by atoms with van der Waals surface area (Å²) in [5, 5.41) is 10.3. The molecule has 0 aliphatic carbocycles. The Hall–Kier alpha value is -0.510. The predicted octanol–water partition coefficient (Wildman–Crippen LogP) is 3.72. The minimum atomic E-state index is -3.47. The molecule has 1 aromatic carbocycles. The smallest absolute Gasteiger partial charge is 0.243 e. The molecule has 0 saturated carbocycles. The highest BCUT2D eigenvalue weighted by molar-refractivity contribution is 9.10. The lowest BCUT2D eigenvalue weighted by atomic mass is 9.75. The highest BCUT2D eigenvalue weighted by Crippen LogP contribution is 2.49. The Labute approximate surface area is 188 Å². The number of sulfonamides is 1. The number of piperidine rings is 1. The lowest BCUT2D eigenvalue weighted by Crippen LogP contribution is -2.45. The molecule has 0 amide bonds. The van der Waals surface area contributed by atoms with E-state index in [4.69, 9.17) is 9.47 Å². The molecule has 4 rings (SSSR count). The zero-order valence-corrected chi connectivity index (χ0v) is 20.3. The van der Waals surface area contributed by atoms with Crippen LogP contribution in [0.3, 0.4) is 0 Å². The molecule has 3 heterocycles. The van der Waals surface area contributed by atoms with Crippen molar-refractivity contribution in [2.45, 2.75) is 81.2 Å². The first-order chi connectivity index (χ1) is 13.9. The first-order valence-corrected chi connectivity index (χ1v) is 12.9. The number of aliphatic hydroxyl groups is 1. The van der Waals surface area contributed by atoms with Crippen molar-refractivity contribution in [1.29, 1.82) is 0 Å². The van der Waals surface area contributed by atoms with Gasteiger partial charge in [0, 0.05) is 17.6 Å². The van der Waals surface area contributed by atoms with Crippen molar-refractivity contribution in [1.82, 2.24) is 4.31 Å². The predicted molar refractivity (Wildman–Crippen MR) is 118 cm³/mol. The van der Waals surface area contributed by atoms with Crippen molar-refractivity contribution >= 4 is 26.0 Å². The van der Waals surface area contributed by atoms with Gasteiger partial charge in [-0.05, 0) is 82.6 Å². The van der Waals surface area contributed by atoms with E-state index < -0.39 is 21.2 Å². The van der Waals surface area contributed by atoms with Gasteiger partial charge in [0.1, 0.15) is 0 Å². The molecule has 1 spiro atoms. The minimum Gasteiger partial charge on any atom is -0.388 e. The van der Waals surface area contributed by atoms with Gasteiger partial charge in [-0.1, -0.05) is 15.9 Å². The van der Waals surface area contributed by atoms with E-state index in [1.54, 1.807) is 42.4 Å². The van der Waals surface area contributed by atoms with Crippen molar-refractivity contribution in [3.63, 3.8) is 0 Å². The second kappa shape index (κ2) is 7.81. The molecule has 3 aliphatic heterocycles. The Balaban J connectivity index is 1.39. The Morgan fingerprint density at radius 2 is 1.80 bits per heavy atom. The third-order valence-corrected chi connectivity index (χ3v) is 9.67. The van der Waals surface area contributed by atoms with Crippen LogP contribution in [0.5, 0.6) is 0 Å². The van der Waals surface area contributed by atoms with Crippen LogP contribution in [0.15, 0.2) is 33.6 Å². The number of benzene rings is 1. The molecule has 0 bridgehead atoms. The molecule has 3 aliphatic rings. The van der Waals surface area contributed by atoms with E-state index >= 15 is 0 Å². The van der Waals surface area contributed by atoms with Gasteiger partial charge in [0.25, 0.3) is 0 Å². The normalized spacial score (nSPS) is 32.7. The summed E-state index contributed by atoms with van der Waals surface area (Å²) in [5.41, 5.74) is -1.24. The average molecular weight is 502 g/mol. The van der Waals surface area contributed by atoms with Crippen LogP contribution in [0.4, 0.5) is 0 Å². The van der Waals surface area contributed by atoms with Crippen LogP contribution in [0, 0.1) is 5.41 Å². The van der Waals surface area contributed by atoms with E-state index in [-0.39, 0.29) is 17.6 Å². The van der Waals surface area contributed by atoms with Crippen molar-refractivity contribution in [3.8, 4) is 0 Å². The molecule has 1 N–H and O–H groups in total. The Morgan fingerprint density at radius 3 is 2.37 bits per heavy atom. The Bertz CT molecular complexity index is 874. The number of rotatable bonds is 4. The fraction of sp³-hybridized carbons (Fsp3) is 0.727. The van der Waals surface area contributed by atoms with Gasteiger partial charge >= 0.3 is 0 Å². The van der Waals surface area contributed by atoms with E-state index in [1.807, 2.05) is 0 Å². The molecule has 0 unspecified atom stereocenters. The Morgan fingerprint density at radius 1 is 1.17 bits per heavy atom. The van der Waals surface area contributed by atoms with Crippen molar-refractivity contribution in [2.24, 2.45) is 5.41 Å². The van der Waals surface area contributed by atoms with Gasteiger partial charge in [-0.2, -0.15) is 4.31 Å². The monoisotopic (exact) mass is 501 g/mol. The van der Waals surface area contributed by atoms with Crippen LogP contribution in [-0.2, 0) is 19.5 Å². The van der Waals surface area contributed by atoms with E-state index in [2.05, 4.69) is 22.9 Å². The summed E-state index contributed by atoms with van der Waals surface area (Å²) in [5.74, 6) is 0. The number of hydrogen-bond acceptors (Lipinski definition) is 5. The van der Waals surface area contributed by atoms with Crippen molar-refractivity contribution < 1.29 is 23.0 Å². The molecular formula is C22H32BrNO5S. The molecule has 3 atom stereocenters. The first-order valence-electron chi connectivity index (χ1n) is 10.7. The summed E-state index contributed by atoms with van der Waals surface area (Å²) in [6.07, 6.45) is 3.97. The molecule has 3 saturated heterocycles. The van der Waals surface area contributed by atoms with E-state index in [0.29, 0.717) is 24.6 Å². The number of nitrogens with zero attached hydrogens (tertiary/aromatic N) is 1. The summed E-state index contributed by atoms with van der Waals surface area (Å²) in [7, 11) is -3.47. The molecule has 6 nitrogen and oxygen atoms in total. The summed E-state index contributed by atoms with van der Waals surface area (Å²) in [4.78, 5) is 0.340. The van der Waals surface area contributed by atoms with Crippen molar-refractivity contribution in [2.75, 3.05) is 19.7 Å². The first kappa shape index (κ1) is 22.7. The summed E-state index contributed by atoms with van der Waals surface area (Å²) in [6.45, 7) is 7.35. The molecule has 0 radical (unpaired) electrons. The maximum absolute atomic E-state index is 13.0. The third kappa shape index (κ3) is 4.24. The van der Waals surface area contributed by atoms with E-state index in [0.717, 1.165) is 36.6 Å². The topological polar surface area (TPSA) is 76.1 Å². The molecule has 0 aromatic heterocycles. The van der Waals surface area contributed by atoms with Crippen LogP contribution in [0.2, 0.25) is 0 Å². The standard InChI is InChI=1S/C22H32BrNO5S/c1-20(2,25)18-8-9-21(3,29-18)19-14-22(15-28-19)10-12-24(13-11-22)30(26,27)17-6-4-16(23)5-7-17/h4-7,18-19,25H,8-15H2,1-3H3/t18-,19+,21-/m1/s1. The lowest BCUT2D eigenvalue weighted by Gasteiger charge is -2.38. The van der Waals surface area contributed by atoms with Crippen LogP contribution in [0.25, 0.3) is 0 Å². The number of ether oxygens (including phenoxy) is 2. The largest absolute Gasteiger partial charge is 0.388 e. The van der Waals surface area contributed by atoms with E-state index in [1.165, 1.54) is 0 Å². The molecule has 168 valence electrons. The number of hydrogen-bond donors (Lipinski definition) is 1. The summed E-state index contributed by atoms with van der Waals surface area (Å²) >= 11 is 3.35. The molecule has 8 heteroatoms. The van der Waals surface area contributed by atoms with Gasteiger partial charge in [0.15, 0.2) is 0 Å². The molecule has 30 heavy (non-hydrogen) atoms. The van der Waals surface area contributed by atoms with Gasteiger partial charge < -0.3 is 14.6 Å². The maximum atomic E-state index is 13.0. The summed E-state index contributed by atoms with van der Waals surface area (Å²) < 4.78 is 41.0.